The highest BCUT2D eigenvalue weighted by atomic mass is 32.2. The van der Waals surface area contributed by atoms with Crippen LogP contribution in [-0.4, -0.2) is 59.0 Å². The van der Waals surface area contributed by atoms with Crippen molar-refractivity contribution in [1.29, 1.82) is 0 Å². The van der Waals surface area contributed by atoms with E-state index in [4.69, 9.17) is 15.2 Å². The van der Waals surface area contributed by atoms with E-state index < -0.39 is 26.7 Å². The van der Waals surface area contributed by atoms with Crippen LogP contribution >= 0.6 is 0 Å². The Hall–Kier alpha value is -1.91. The van der Waals surface area contributed by atoms with Gasteiger partial charge in [-0.1, -0.05) is 0 Å². The van der Waals surface area contributed by atoms with E-state index in [-0.39, 0.29) is 30.5 Å². The van der Waals surface area contributed by atoms with Crippen LogP contribution in [-0.2, 0) is 14.8 Å². The summed E-state index contributed by atoms with van der Waals surface area (Å²) in [5, 5.41) is 2.66. The Balaban J connectivity index is 2.28. The summed E-state index contributed by atoms with van der Waals surface area (Å²) in [7, 11) is -1.45. The van der Waals surface area contributed by atoms with Gasteiger partial charge in [-0.25, -0.2) is 12.8 Å². The molecular formula is C16H24FN3O5S. The van der Waals surface area contributed by atoms with Crippen LogP contribution < -0.4 is 20.5 Å². The van der Waals surface area contributed by atoms with Gasteiger partial charge in [0.1, 0.15) is 10.7 Å². The van der Waals surface area contributed by atoms with E-state index in [1.165, 1.54) is 14.2 Å². The molecule has 2 rings (SSSR count). The number of nitrogens with one attached hydrogen (secondary N) is 1. The zero-order valence-electron chi connectivity index (χ0n) is 14.8. The fourth-order valence-corrected chi connectivity index (χ4v) is 4.47. The van der Waals surface area contributed by atoms with Crippen LogP contribution in [0.3, 0.4) is 0 Å². The largest absolute Gasteiger partial charge is 0.493 e. The molecule has 1 saturated heterocycles. The van der Waals surface area contributed by atoms with Crippen LogP contribution in [0.5, 0.6) is 11.5 Å². The molecule has 1 fully saturated rings. The molecule has 0 radical (unpaired) electrons. The Morgan fingerprint density at radius 1 is 1.35 bits per heavy atom. The predicted molar refractivity (Wildman–Crippen MR) is 93.1 cm³/mol. The van der Waals surface area contributed by atoms with E-state index in [1.54, 1.807) is 0 Å². The quantitative estimate of drug-likeness (QED) is 0.695. The summed E-state index contributed by atoms with van der Waals surface area (Å²) < 4.78 is 51.4. The van der Waals surface area contributed by atoms with Crippen molar-refractivity contribution in [2.45, 2.75) is 17.7 Å². The van der Waals surface area contributed by atoms with Crippen LogP contribution in [0, 0.1) is 11.7 Å². The number of amides is 1. The number of hydrogen-bond donors (Lipinski definition) is 2. The molecule has 10 heteroatoms. The molecule has 1 aliphatic heterocycles. The van der Waals surface area contributed by atoms with E-state index in [9.17, 15) is 17.6 Å². The molecule has 1 aliphatic rings. The fourth-order valence-electron chi connectivity index (χ4n) is 2.89. The third-order valence-electron chi connectivity index (χ3n) is 4.25. The summed E-state index contributed by atoms with van der Waals surface area (Å²) in [6.45, 7) is 0.840. The number of benzene rings is 1. The summed E-state index contributed by atoms with van der Waals surface area (Å²) in [6.07, 6.45) is 1.08. The first-order valence-corrected chi connectivity index (χ1v) is 9.68. The van der Waals surface area contributed by atoms with Gasteiger partial charge in [-0.2, -0.15) is 4.31 Å². The molecule has 0 bridgehead atoms. The van der Waals surface area contributed by atoms with E-state index >= 15 is 0 Å². The van der Waals surface area contributed by atoms with Crippen LogP contribution in [0.25, 0.3) is 0 Å². The molecule has 1 atom stereocenters. The molecule has 0 aliphatic carbocycles. The Kier molecular flexibility index (Phi) is 6.79. The first-order chi connectivity index (χ1) is 12.3. The lowest BCUT2D eigenvalue weighted by Gasteiger charge is -2.31. The predicted octanol–water partition coefficient (Wildman–Crippen LogP) is 0.319. The molecule has 26 heavy (non-hydrogen) atoms. The number of carbonyl (C=O) groups is 1. The lowest BCUT2D eigenvalue weighted by Crippen LogP contribution is -2.46. The molecule has 1 heterocycles. The zero-order valence-corrected chi connectivity index (χ0v) is 15.6. The van der Waals surface area contributed by atoms with Gasteiger partial charge in [-0.15, -0.1) is 0 Å². The lowest BCUT2D eigenvalue weighted by atomic mass is 9.99. The molecule has 0 spiro atoms. The first-order valence-electron chi connectivity index (χ1n) is 8.24. The van der Waals surface area contributed by atoms with Gasteiger partial charge in [0.15, 0.2) is 11.5 Å². The maximum atomic E-state index is 14.4. The maximum Gasteiger partial charge on any atom is 0.246 e. The number of nitrogens with zero attached hydrogens (tertiary/aromatic N) is 1. The smallest absolute Gasteiger partial charge is 0.246 e. The van der Waals surface area contributed by atoms with E-state index in [1.807, 2.05) is 0 Å². The average molecular weight is 389 g/mol. The summed E-state index contributed by atoms with van der Waals surface area (Å²) in [6, 6.07) is 2.07. The number of rotatable bonds is 7. The molecule has 1 unspecified atom stereocenters. The first kappa shape index (κ1) is 20.4. The van der Waals surface area contributed by atoms with Crippen LogP contribution in [0.2, 0.25) is 0 Å². The molecule has 8 nitrogen and oxygen atoms in total. The Labute approximate surface area is 152 Å². The van der Waals surface area contributed by atoms with Gasteiger partial charge in [0.05, 0.1) is 20.1 Å². The molecule has 3 N–H and O–H groups in total. The van der Waals surface area contributed by atoms with Crippen LogP contribution in [0.1, 0.15) is 12.8 Å². The number of sulfonamides is 1. The van der Waals surface area contributed by atoms with Crippen molar-refractivity contribution in [2.24, 2.45) is 11.7 Å². The number of piperidine rings is 1. The average Bonchev–Trinajstić information content (AvgIpc) is 2.65. The molecule has 1 amide bonds. The fraction of sp³-hybridized carbons (Fsp3) is 0.562. The summed E-state index contributed by atoms with van der Waals surface area (Å²) >= 11 is 0. The third kappa shape index (κ3) is 4.25. The number of carbonyl (C=O) groups excluding carboxylic acids is 1. The maximum absolute atomic E-state index is 14.4. The summed E-state index contributed by atoms with van der Waals surface area (Å²) in [5.41, 5.74) is 5.36. The molecule has 146 valence electrons. The topological polar surface area (TPSA) is 111 Å². The van der Waals surface area contributed by atoms with Crippen LogP contribution in [0.15, 0.2) is 17.0 Å². The van der Waals surface area contributed by atoms with Crippen molar-refractivity contribution in [2.75, 3.05) is 40.4 Å². The van der Waals surface area contributed by atoms with E-state index in [0.717, 1.165) is 16.4 Å². The number of methoxy groups -OCH3 is 2. The van der Waals surface area contributed by atoms with Gasteiger partial charge in [-0.05, 0) is 12.8 Å². The molecule has 0 saturated carbocycles. The van der Waals surface area contributed by atoms with Gasteiger partial charge in [0, 0.05) is 38.3 Å². The minimum absolute atomic E-state index is 0.00742. The van der Waals surface area contributed by atoms with Crippen LogP contribution in [0.4, 0.5) is 4.39 Å². The summed E-state index contributed by atoms with van der Waals surface area (Å²) in [4.78, 5) is 11.6. The van der Waals surface area contributed by atoms with Gasteiger partial charge in [-0.3, -0.25) is 4.79 Å². The zero-order chi connectivity index (χ0) is 19.3. The second-order valence-electron chi connectivity index (χ2n) is 5.92. The minimum Gasteiger partial charge on any atom is -0.493 e. The standard InChI is InChI=1S/C16H24FN3O5S/c1-24-13-8-12(17)15(9-14(13)25-2)26(22,23)20-7-3-4-11(10-20)16(21)19-6-5-18/h8-9,11H,3-7,10,18H2,1-2H3,(H,19,21). The number of ether oxygens (including phenoxy) is 2. The van der Waals surface area contributed by atoms with Gasteiger partial charge in [0.2, 0.25) is 15.9 Å². The van der Waals surface area contributed by atoms with E-state index in [2.05, 4.69) is 5.32 Å². The summed E-state index contributed by atoms with van der Waals surface area (Å²) in [5.74, 6) is -1.46. The molecule has 1 aromatic rings. The SMILES string of the molecule is COc1cc(F)c(S(=O)(=O)N2CCCC(C(=O)NCCN)C2)cc1OC. The Bertz CT molecular complexity index is 756. The number of halogens is 1. The lowest BCUT2D eigenvalue weighted by molar-refractivity contribution is -0.126. The molecule has 0 aromatic heterocycles. The highest BCUT2D eigenvalue weighted by molar-refractivity contribution is 7.89. The van der Waals surface area contributed by atoms with Gasteiger partial charge < -0.3 is 20.5 Å². The second kappa shape index (κ2) is 8.65. The van der Waals surface area contributed by atoms with Gasteiger partial charge in [0.25, 0.3) is 0 Å². The van der Waals surface area contributed by atoms with Crippen molar-refractivity contribution in [3.05, 3.63) is 17.9 Å². The normalized spacial score (nSPS) is 18.4. The Morgan fingerprint density at radius 2 is 2.00 bits per heavy atom. The van der Waals surface area contributed by atoms with Crippen molar-refractivity contribution in [3.63, 3.8) is 0 Å². The van der Waals surface area contributed by atoms with Crippen molar-refractivity contribution in [1.82, 2.24) is 9.62 Å². The molecular weight excluding hydrogens is 365 g/mol. The monoisotopic (exact) mass is 389 g/mol. The highest BCUT2D eigenvalue weighted by Crippen LogP contribution is 2.34. The van der Waals surface area contributed by atoms with Gasteiger partial charge >= 0.3 is 0 Å². The van der Waals surface area contributed by atoms with Crippen molar-refractivity contribution >= 4 is 15.9 Å². The van der Waals surface area contributed by atoms with Crippen molar-refractivity contribution < 1.29 is 27.1 Å². The highest BCUT2D eigenvalue weighted by Gasteiger charge is 2.35. The minimum atomic E-state index is -4.12. The van der Waals surface area contributed by atoms with E-state index in [0.29, 0.717) is 25.9 Å². The number of hydrogen-bond acceptors (Lipinski definition) is 6. The Morgan fingerprint density at radius 3 is 2.62 bits per heavy atom. The molecule has 1 aromatic carbocycles. The third-order valence-corrected chi connectivity index (χ3v) is 6.13. The number of nitrogens with two attached hydrogens (primary N) is 1. The van der Waals surface area contributed by atoms with Crippen molar-refractivity contribution in [3.8, 4) is 11.5 Å². The second-order valence-corrected chi connectivity index (χ2v) is 7.83.